The highest BCUT2D eigenvalue weighted by molar-refractivity contribution is 7.91. The fraction of sp³-hybridized carbons (Fsp3) is 0.600. The summed E-state index contributed by atoms with van der Waals surface area (Å²) in [6.45, 7) is 2.06. The van der Waals surface area contributed by atoms with Crippen molar-refractivity contribution in [2.45, 2.75) is 33.5 Å². The number of sulfonamides is 2. The maximum atomic E-state index is 12.2. The van der Waals surface area contributed by atoms with Crippen LogP contribution in [-0.2, 0) is 29.5 Å². The predicted octanol–water partition coefficient (Wildman–Crippen LogP) is 1.64. The molecule has 0 unspecified atom stereocenters. The van der Waals surface area contributed by atoms with Crippen molar-refractivity contribution in [1.82, 2.24) is 8.61 Å². The van der Waals surface area contributed by atoms with Crippen molar-refractivity contribution in [3.63, 3.8) is 0 Å². The van der Waals surface area contributed by atoms with Crippen LogP contribution in [0.1, 0.15) is 36.2 Å². The van der Waals surface area contributed by atoms with Gasteiger partial charge in [0.1, 0.15) is 8.42 Å². The van der Waals surface area contributed by atoms with Gasteiger partial charge in [-0.05, 0) is 35.7 Å². The number of methoxy groups -OCH3 is 2. The van der Waals surface area contributed by atoms with Gasteiger partial charge in [0.05, 0.1) is 12.2 Å². The number of aliphatic hydroxyl groups is 2. The molecule has 2 atom stereocenters. The standard InChI is InChI=1S/2C10H15NO4S2/c2*1-15-5-2-4-11-7-9(12)8-3-6-16-10(8)17(11,13)14/h2*3,6,9,12H,2,4-5,7H2,1H3/t2*9-/m10/s1. The number of fused-ring (bicyclic) bond motifs is 2. The minimum absolute atomic E-state index is 0.135. The molecule has 2 aromatic heterocycles. The van der Waals surface area contributed by atoms with Crippen molar-refractivity contribution in [3.05, 3.63) is 34.0 Å². The molecule has 0 radical (unpaired) electrons. The normalized spacial score (nSPS) is 23.5. The zero-order valence-electron chi connectivity index (χ0n) is 19.0. The lowest BCUT2D eigenvalue weighted by atomic mass is 10.2. The Morgan fingerprint density at radius 3 is 1.56 bits per heavy atom. The minimum atomic E-state index is -3.42. The maximum absolute atomic E-state index is 12.2. The van der Waals surface area contributed by atoms with Crippen molar-refractivity contribution >= 4 is 42.7 Å². The average Bonchev–Trinajstić information content (AvgIpc) is 3.48. The Kier molecular flexibility index (Phi) is 9.65. The Balaban J connectivity index is 0.000000191. The van der Waals surface area contributed by atoms with E-state index in [1.165, 1.54) is 8.61 Å². The Morgan fingerprint density at radius 1 is 0.824 bits per heavy atom. The summed E-state index contributed by atoms with van der Waals surface area (Å²) in [4.78, 5) is 0. The zero-order chi connectivity index (χ0) is 24.9. The van der Waals surface area contributed by atoms with Gasteiger partial charge in [-0.3, -0.25) is 0 Å². The second-order valence-corrected chi connectivity index (χ2v) is 13.9. The van der Waals surface area contributed by atoms with Crippen LogP contribution in [0.25, 0.3) is 0 Å². The molecule has 0 aliphatic carbocycles. The van der Waals surface area contributed by atoms with Crippen molar-refractivity contribution in [2.75, 3.05) is 53.6 Å². The van der Waals surface area contributed by atoms with Crippen LogP contribution in [-0.4, -0.2) is 89.3 Å². The van der Waals surface area contributed by atoms with Crippen LogP contribution in [0.2, 0.25) is 0 Å². The fourth-order valence-electron chi connectivity index (χ4n) is 3.73. The third-order valence-corrected chi connectivity index (χ3v) is 12.2. The smallest absolute Gasteiger partial charge is 0.253 e. The summed E-state index contributed by atoms with van der Waals surface area (Å²) >= 11 is 2.32. The first-order valence-electron chi connectivity index (χ1n) is 10.6. The number of rotatable bonds is 8. The molecule has 14 heteroatoms. The van der Waals surface area contributed by atoms with E-state index in [9.17, 15) is 27.0 Å². The van der Waals surface area contributed by atoms with Gasteiger partial charge in [0.15, 0.2) is 0 Å². The molecule has 0 spiro atoms. The molecular weight excluding hydrogens is 524 g/mol. The lowest BCUT2D eigenvalue weighted by Crippen LogP contribution is -2.39. The van der Waals surface area contributed by atoms with Crippen LogP contribution >= 0.6 is 22.7 Å². The van der Waals surface area contributed by atoms with Crippen LogP contribution in [0.15, 0.2) is 31.3 Å². The number of aliphatic hydroxyl groups excluding tert-OH is 2. The van der Waals surface area contributed by atoms with Crippen LogP contribution in [0.4, 0.5) is 0 Å². The van der Waals surface area contributed by atoms with Crippen molar-refractivity contribution in [1.29, 1.82) is 0 Å². The number of hydrogen-bond acceptors (Lipinski definition) is 10. The highest BCUT2D eigenvalue weighted by atomic mass is 32.3. The number of hydrogen-bond donors (Lipinski definition) is 2. The minimum Gasteiger partial charge on any atom is -0.387 e. The SMILES string of the molecule is COCCCN1C[C@@H](O)c2ccsc2S1(=O)=O.COCCCN1C[C@H](O)c2ccsc2S1(=O)=O. The van der Waals surface area contributed by atoms with E-state index in [0.717, 1.165) is 22.7 Å². The van der Waals surface area contributed by atoms with E-state index >= 15 is 0 Å². The van der Waals surface area contributed by atoms with Gasteiger partial charge in [-0.25, -0.2) is 16.8 Å². The molecule has 2 aliphatic rings. The molecule has 0 bridgehead atoms. The lowest BCUT2D eigenvalue weighted by molar-refractivity contribution is 0.131. The van der Waals surface area contributed by atoms with Crippen molar-refractivity contribution < 1.29 is 36.5 Å². The van der Waals surface area contributed by atoms with E-state index in [-0.39, 0.29) is 21.5 Å². The second-order valence-electron chi connectivity index (χ2n) is 7.78. The summed E-state index contributed by atoms with van der Waals surface area (Å²) in [6.07, 6.45) is -0.184. The van der Waals surface area contributed by atoms with E-state index in [2.05, 4.69) is 0 Å². The Labute approximate surface area is 208 Å². The van der Waals surface area contributed by atoms with Crippen LogP contribution in [0.3, 0.4) is 0 Å². The van der Waals surface area contributed by atoms with Crippen LogP contribution in [0, 0.1) is 0 Å². The molecule has 4 heterocycles. The summed E-state index contributed by atoms with van der Waals surface area (Å²) in [5.74, 6) is 0. The third-order valence-electron chi connectivity index (χ3n) is 5.45. The molecule has 10 nitrogen and oxygen atoms in total. The van der Waals surface area contributed by atoms with E-state index in [1.807, 2.05) is 0 Å². The number of ether oxygens (including phenoxy) is 2. The van der Waals surface area contributed by atoms with Crippen molar-refractivity contribution in [3.8, 4) is 0 Å². The maximum Gasteiger partial charge on any atom is 0.253 e. The topological polar surface area (TPSA) is 134 Å². The molecule has 0 aromatic carbocycles. The highest BCUT2D eigenvalue weighted by Crippen LogP contribution is 2.37. The molecule has 0 fully saturated rings. The fourth-order valence-corrected chi connectivity index (χ4v) is 9.91. The monoisotopic (exact) mass is 554 g/mol. The molecule has 0 saturated heterocycles. The summed E-state index contributed by atoms with van der Waals surface area (Å²) < 4.78 is 61.8. The van der Waals surface area contributed by atoms with Gasteiger partial charge in [0, 0.05) is 64.7 Å². The van der Waals surface area contributed by atoms with E-state index in [1.54, 1.807) is 37.1 Å². The Hall–Kier alpha value is -0.940. The summed E-state index contributed by atoms with van der Waals surface area (Å²) in [6, 6.07) is 3.35. The first-order valence-corrected chi connectivity index (χ1v) is 15.3. The van der Waals surface area contributed by atoms with Gasteiger partial charge in [-0.15, -0.1) is 22.7 Å². The van der Waals surface area contributed by atoms with E-state index < -0.39 is 32.3 Å². The summed E-state index contributed by atoms with van der Waals surface area (Å²) in [5, 5.41) is 23.2. The van der Waals surface area contributed by atoms with Gasteiger partial charge in [0.2, 0.25) is 0 Å². The number of β-amino-alcohol motifs (C(OH)–C–C–N with tert-alkyl or cyclic N) is 2. The second kappa shape index (κ2) is 11.9. The molecule has 0 amide bonds. The first kappa shape index (κ1) is 27.6. The highest BCUT2D eigenvalue weighted by Gasteiger charge is 2.37. The van der Waals surface area contributed by atoms with Gasteiger partial charge >= 0.3 is 0 Å². The third kappa shape index (κ3) is 5.88. The first-order chi connectivity index (χ1) is 16.1. The van der Waals surface area contributed by atoms with Gasteiger partial charge in [-0.1, -0.05) is 0 Å². The number of nitrogens with zero attached hydrogens (tertiary/aromatic N) is 2. The molecule has 4 rings (SSSR count). The van der Waals surface area contributed by atoms with Gasteiger partial charge < -0.3 is 19.7 Å². The Morgan fingerprint density at radius 2 is 1.21 bits per heavy atom. The van der Waals surface area contributed by atoms with E-state index in [4.69, 9.17) is 9.47 Å². The molecule has 2 N–H and O–H groups in total. The van der Waals surface area contributed by atoms with Crippen molar-refractivity contribution in [2.24, 2.45) is 0 Å². The van der Waals surface area contributed by atoms with Crippen LogP contribution in [0.5, 0.6) is 0 Å². The summed E-state index contributed by atoms with van der Waals surface area (Å²) in [7, 11) is -3.67. The van der Waals surface area contributed by atoms with E-state index in [0.29, 0.717) is 50.3 Å². The molecular formula is C20H30N2O8S4. The molecule has 0 saturated carbocycles. The van der Waals surface area contributed by atoms with Gasteiger partial charge in [-0.2, -0.15) is 8.61 Å². The molecule has 192 valence electrons. The molecule has 2 aliphatic heterocycles. The number of thiophene rings is 2. The predicted molar refractivity (Wildman–Crippen MR) is 129 cm³/mol. The lowest BCUT2D eigenvalue weighted by Gasteiger charge is -2.29. The zero-order valence-corrected chi connectivity index (χ0v) is 22.3. The quantitative estimate of drug-likeness (QED) is 0.471. The average molecular weight is 555 g/mol. The molecule has 2 aromatic rings. The largest absolute Gasteiger partial charge is 0.387 e. The summed E-state index contributed by atoms with van der Waals surface area (Å²) in [5.41, 5.74) is 1.05. The molecule has 34 heavy (non-hydrogen) atoms. The van der Waals surface area contributed by atoms with Gasteiger partial charge in [0.25, 0.3) is 20.0 Å². The Bertz CT molecular complexity index is 1050. The van der Waals surface area contributed by atoms with Crippen LogP contribution < -0.4 is 0 Å².